The predicted octanol–water partition coefficient (Wildman–Crippen LogP) is 1.20. The number of hydrogen-bond acceptors (Lipinski definition) is 5. The number of thiazole rings is 1. The molecule has 0 aromatic carbocycles. The number of halogens is 1. The molecule has 0 spiro atoms. The minimum absolute atomic E-state index is 0.0241. The summed E-state index contributed by atoms with van der Waals surface area (Å²) in [6.45, 7) is 0.478. The van der Waals surface area contributed by atoms with Crippen molar-refractivity contribution in [3.8, 4) is 0 Å². The molecule has 1 aliphatic heterocycles. The lowest BCUT2D eigenvalue weighted by Gasteiger charge is -2.10. The first kappa shape index (κ1) is 12.3. The number of esters is 1. The number of aromatic nitrogens is 1. The van der Waals surface area contributed by atoms with E-state index in [1.165, 1.54) is 18.4 Å². The number of nitrogens with zero attached hydrogens (tertiary/aromatic N) is 2. The fourth-order valence-electron chi connectivity index (χ4n) is 1.57. The first-order valence-corrected chi connectivity index (χ1v) is 6.37. The molecule has 7 heteroatoms. The van der Waals surface area contributed by atoms with Crippen molar-refractivity contribution in [2.45, 2.75) is 18.2 Å². The van der Waals surface area contributed by atoms with Crippen LogP contribution in [0.2, 0.25) is 0 Å². The van der Waals surface area contributed by atoms with Crippen LogP contribution in [0.5, 0.6) is 0 Å². The number of alkyl halides is 1. The number of amides is 1. The summed E-state index contributed by atoms with van der Waals surface area (Å²) in [4.78, 5) is 28.4. The Labute approximate surface area is 107 Å². The molecule has 1 atom stereocenters. The molecule has 1 aromatic rings. The summed E-state index contributed by atoms with van der Waals surface area (Å²) >= 11 is 7.24. The number of ether oxygens (including phenoxy) is 1. The molecule has 0 aliphatic carbocycles. The van der Waals surface area contributed by atoms with E-state index < -0.39 is 0 Å². The zero-order valence-electron chi connectivity index (χ0n) is 9.18. The second kappa shape index (κ2) is 5.01. The third kappa shape index (κ3) is 2.76. The lowest BCUT2D eigenvalue weighted by Crippen LogP contribution is -2.24. The van der Waals surface area contributed by atoms with Gasteiger partial charge in [0.25, 0.3) is 0 Å². The Bertz CT molecular complexity index is 449. The standard InChI is InChI=1S/C10H11ClN2O3S/c1-16-9(15)3-7-5-17-10(12-7)13-4-6(11)2-8(13)14/h5-6H,2-4H2,1H3. The fraction of sp³-hybridized carbons (Fsp3) is 0.500. The van der Waals surface area contributed by atoms with Crippen LogP contribution in [0.25, 0.3) is 0 Å². The van der Waals surface area contributed by atoms with Gasteiger partial charge in [0.1, 0.15) is 0 Å². The van der Waals surface area contributed by atoms with E-state index in [0.29, 0.717) is 23.8 Å². The van der Waals surface area contributed by atoms with Crippen molar-refractivity contribution in [2.75, 3.05) is 18.6 Å². The smallest absolute Gasteiger partial charge is 0.311 e. The summed E-state index contributed by atoms with van der Waals surface area (Å²) in [5.41, 5.74) is 0.614. The Morgan fingerprint density at radius 1 is 1.76 bits per heavy atom. The average molecular weight is 275 g/mol. The molecule has 2 heterocycles. The quantitative estimate of drug-likeness (QED) is 0.614. The maximum Gasteiger partial charge on any atom is 0.311 e. The van der Waals surface area contributed by atoms with E-state index in [9.17, 15) is 9.59 Å². The first-order valence-electron chi connectivity index (χ1n) is 5.06. The molecule has 2 rings (SSSR count). The zero-order valence-corrected chi connectivity index (χ0v) is 10.8. The highest BCUT2D eigenvalue weighted by atomic mass is 35.5. The maximum absolute atomic E-state index is 11.6. The van der Waals surface area contributed by atoms with Gasteiger partial charge >= 0.3 is 5.97 Å². The van der Waals surface area contributed by atoms with Crippen molar-refractivity contribution >= 4 is 39.9 Å². The van der Waals surface area contributed by atoms with Crippen molar-refractivity contribution in [3.05, 3.63) is 11.1 Å². The van der Waals surface area contributed by atoms with E-state index in [2.05, 4.69) is 9.72 Å². The Morgan fingerprint density at radius 3 is 3.12 bits per heavy atom. The van der Waals surface area contributed by atoms with Gasteiger partial charge in [0.15, 0.2) is 5.13 Å². The minimum Gasteiger partial charge on any atom is -0.469 e. The zero-order chi connectivity index (χ0) is 12.4. The molecule has 17 heavy (non-hydrogen) atoms. The van der Waals surface area contributed by atoms with Crippen LogP contribution >= 0.6 is 22.9 Å². The van der Waals surface area contributed by atoms with Gasteiger partial charge in [0.2, 0.25) is 5.91 Å². The van der Waals surface area contributed by atoms with Gasteiger partial charge in [0, 0.05) is 18.3 Å². The molecule has 1 amide bonds. The summed E-state index contributed by atoms with van der Waals surface area (Å²) < 4.78 is 4.55. The van der Waals surface area contributed by atoms with Crippen LogP contribution in [-0.4, -0.2) is 35.9 Å². The molecule has 0 bridgehead atoms. The van der Waals surface area contributed by atoms with E-state index in [0.717, 1.165) is 0 Å². The van der Waals surface area contributed by atoms with Crippen LogP contribution in [0.1, 0.15) is 12.1 Å². The summed E-state index contributed by atoms with van der Waals surface area (Å²) in [6.07, 6.45) is 0.465. The first-order chi connectivity index (χ1) is 8.10. The van der Waals surface area contributed by atoms with E-state index >= 15 is 0 Å². The highest BCUT2D eigenvalue weighted by molar-refractivity contribution is 7.14. The normalized spacial score (nSPS) is 19.8. The van der Waals surface area contributed by atoms with Crippen molar-refractivity contribution in [3.63, 3.8) is 0 Å². The maximum atomic E-state index is 11.6. The molecule has 1 unspecified atom stereocenters. The number of carbonyl (C=O) groups excluding carboxylic acids is 2. The van der Waals surface area contributed by atoms with Gasteiger partial charge in [-0.15, -0.1) is 22.9 Å². The molecule has 5 nitrogen and oxygen atoms in total. The number of hydrogen-bond donors (Lipinski definition) is 0. The molecule has 1 fully saturated rings. The van der Waals surface area contributed by atoms with Gasteiger partial charge in [0.05, 0.1) is 24.6 Å². The molecular formula is C10H11ClN2O3S. The summed E-state index contributed by atoms with van der Waals surface area (Å²) in [7, 11) is 1.33. The van der Waals surface area contributed by atoms with Crippen LogP contribution in [0.3, 0.4) is 0 Å². The highest BCUT2D eigenvalue weighted by Gasteiger charge is 2.30. The molecule has 1 saturated heterocycles. The van der Waals surface area contributed by atoms with Crippen molar-refractivity contribution < 1.29 is 14.3 Å². The minimum atomic E-state index is -0.343. The van der Waals surface area contributed by atoms with E-state index in [1.807, 2.05) is 0 Å². The second-order valence-electron chi connectivity index (χ2n) is 3.68. The Kier molecular flexibility index (Phi) is 3.63. The van der Waals surface area contributed by atoms with Crippen LogP contribution in [-0.2, 0) is 20.7 Å². The van der Waals surface area contributed by atoms with Crippen LogP contribution in [0.15, 0.2) is 5.38 Å². The van der Waals surface area contributed by atoms with E-state index in [4.69, 9.17) is 11.6 Å². The Morgan fingerprint density at radius 2 is 2.53 bits per heavy atom. The third-order valence-electron chi connectivity index (χ3n) is 2.40. The predicted molar refractivity (Wildman–Crippen MR) is 64.4 cm³/mol. The summed E-state index contributed by atoms with van der Waals surface area (Å²) in [5.74, 6) is -0.367. The number of anilines is 1. The molecule has 1 aliphatic rings. The summed E-state index contributed by atoms with van der Waals surface area (Å²) in [5, 5.41) is 2.19. The number of rotatable bonds is 3. The van der Waals surface area contributed by atoms with Crippen molar-refractivity contribution in [2.24, 2.45) is 0 Å². The van der Waals surface area contributed by atoms with Gasteiger partial charge in [-0.2, -0.15) is 0 Å². The lowest BCUT2D eigenvalue weighted by molar-refractivity contribution is -0.139. The monoisotopic (exact) mass is 274 g/mol. The van der Waals surface area contributed by atoms with Gasteiger partial charge < -0.3 is 4.74 Å². The highest BCUT2D eigenvalue weighted by Crippen LogP contribution is 2.27. The Hall–Kier alpha value is -1.14. The largest absolute Gasteiger partial charge is 0.469 e. The van der Waals surface area contributed by atoms with Gasteiger partial charge in [-0.05, 0) is 0 Å². The van der Waals surface area contributed by atoms with Gasteiger partial charge in [-0.1, -0.05) is 0 Å². The average Bonchev–Trinajstić information content (AvgIpc) is 2.85. The third-order valence-corrected chi connectivity index (χ3v) is 3.61. The van der Waals surface area contributed by atoms with Gasteiger partial charge in [-0.3, -0.25) is 14.5 Å². The molecule has 1 aromatic heterocycles. The molecule has 0 N–H and O–H groups in total. The van der Waals surface area contributed by atoms with Crippen molar-refractivity contribution in [1.82, 2.24) is 4.98 Å². The van der Waals surface area contributed by atoms with Crippen LogP contribution in [0, 0.1) is 0 Å². The van der Waals surface area contributed by atoms with E-state index in [1.54, 1.807) is 10.3 Å². The molecule has 0 saturated carbocycles. The lowest BCUT2D eigenvalue weighted by atomic mass is 10.3. The van der Waals surface area contributed by atoms with Crippen molar-refractivity contribution in [1.29, 1.82) is 0 Å². The second-order valence-corrected chi connectivity index (χ2v) is 5.13. The number of carbonyl (C=O) groups is 2. The number of methoxy groups -OCH3 is 1. The van der Waals surface area contributed by atoms with E-state index in [-0.39, 0.29) is 23.7 Å². The molecule has 0 radical (unpaired) electrons. The fourth-order valence-corrected chi connectivity index (χ4v) is 2.69. The molecular weight excluding hydrogens is 264 g/mol. The van der Waals surface area contributed by atoms with Crippen LogP contribution in [0.4, 0.5) is 5.13 Å². The Balaban J connectivity index is 2.08. The SMILES string of the molecule is COC(=O)Cc1csc(N2CC(Cl)CC2=O)n1. The molecule has 92 valence electrons. The topological polar surface area (TPSA) is 59.5 Å². The summed E-state index contributed by atoms with van der Waals surface area (Å²) in [6, 6.07) is 0. The van der Waals surface area contributed by atoms with Crippen LogP contribution < -0.4 is 4.90 Å². The van der Waals surface area contributed by atoms with Gasteiger partial charge in [-0.25, -0.2) is 4.98 Å².